The van der Waals surface area contributed by atoms with Crippen molar-refractivity contribution in [1.82, 2.24) is 0 Å². The van der Waals surface area contributed by atoms with Gasteiger partial charge in [-0.15, -0.1) is 0 Å². The highest BCUT2D eigenvalue weighted by Crippen LogP contribution is 2.32. The maximum atomic E-state index is 4.41. The molecule has 0 radical (unpaired) electrons. The highest BCUT2D eigenvalue weighted by molar-refractivity contribution is 5.70. The molecule has 11 heavy (non-hydrogen) atoms. The summed E-state index contributed by atoms with van der Waals surface area (Å²) in [6, 6.07) is 0. The van der Waals surface area contributed by atoms with Gasteiger partial charge in [-0.05, 0) is 19.8 Å². The first-order valence-corrected chi connectivity index (χ1v) is 4.29. The standard InChI is InChI=1S/C10H17N/c1-5-8(2)9-6-10(3,4)7-11-9/h7H,5-6H2,1-4H3/b9-8-. The van der Waals surface area contributed by atoms with Gasteiger partial charge in [0, 0.05) is 17.3 Å². The molecule has 0 fully saturated rings. The zero-order valence-electron chi connectivity index (χ0n) is 7.94. The molecule has 0 saturated heterocycles. The molecule has 0 spiro atoms. The Bertz CT molecular complexity index is 209. The highest BCUT2D eigenvalue weighted by Gasteiger charge is 2.23. The molecule has 0 aromatic rings. The van der Waals surface area contributed by atoms with Gasteiger partial charge >= 0.3 is 0 Å². The molecule has 1 aliphatic rings. The lowest BCUT2D eigenvalue weighted by Crippen LogP contribution is -2.07. The molecule has 0 atom stereocenters. The van der Waals surface area contributed by atoms with Crippen LogP contribution in [-0.4, -0.2) is 6.21 Å². The number of aliphatic imine (C=N–C) groups is 1. The van der Waals surface area contributed by atoms with Crippen LogP contribution in [0.25, 0.3) is 0 Å². The lowest BCUT2D eigenvalue weighted by molar-refractivity contribution is 0.550. The number of hydrogen-bond acceptors (Lipinski definition) is 1. The summed E-state index contributed by atoms with van der Waals surface area (Å²) in [4.78, 5) is 4.41. The molecule has 1 nitrogen and oxygen atoms in total. The summed E-state index contributed by atoms with van der Waals surface area (Å²) in [5.41, 5.74) is 3.04. The molecule has 0 unspecified atom stereocenters. The van der Waals surface area contributed by atoms with Crippen LogP contribution in [0, 0.1) is 5.41 Å². The molecule has 0 aromatic heterocycles. The Morgan fingerprint density at radius 3 is 2.64 bits per heavy atom. The van der Waals surface area contributed by atoms with Gasteiger partial charge in [-0.2, -0.15) is 0 Å². The third-order valence-electron chi connectivity index (χ3n) is 2.22. The molecule has 0 aromatic carbocycles. The van der Waals surface area contributed by atoms with E-state index in [1.54, 1.807) is 0 Å². The summed E-state index contributed by atoms with van der Waals surface area (Å²) in [5, 5.41) is 0. The van der Waals surface area contributed by atoms with E-state index in [1.807, 2.05) is 0 Å². The summed E-state index contributed by atoms with van der Waals surface area (Å²) in [7, 11) is 0. The molecule has 1 aliphatic heterocycles. The summed E-state index contributed by atoms with van der Waals surface area (Å²) in [6.07, 6.45) is 4.32. The van der Waals surface area contributed by atoms with Crippen molar-refractivity contribution >= 4 is 6.21 Å². The van der Waals surface area contributed by atoms with Crippen molar-refractivity contribution in [3.63, 3.8) is 0 Å². The molecule has 1 rings (SSSR count). The van der Waals surface area contributed by atoms with E-state index < -0.39 is 0 Å². The second-order valence-electron chi connectivity index (χ2n) is 4.00. The molecular weight excluding hydrogens is 134 g/mol. The SMILES string of the molecule is CC/C(C)=C1/CC(C)(C)C=N1. The summed E-state index contributed by atoms with van der Waals surface area (Å²) < 4.78 is 0. The predicted molar refractivity (Wildman–Crippen MR) is 49.9 cm³/mol. The first kappa shape index (κ1) is 8.51. The Hall–Kier alpha value is -0.590. The number of rotatable bonds is 1. The highest BCUT2D eigenvalue weighted by atomic mass is 14.8. The fourth-order valence-corrected chi connectivity index (χ4v) is 1.24. The molecule has 0 N–H and O–H groups in total. The van der Waals surface area contributed by atoms with Gasteiger partial charge in [0.05, 0.1) is 0 Å². The van der Waals surface area contributed by atoms with E-state index in [0.29, 0.717) is 5.41 Å². The Morgan fingerprint density at radius 2 is 2.27 bits per heavy atom. The Kier molecular flexibility index (Phi) is 2.17. The van der Waals surface area contributed by atoms with Gasteiger partial charge in [-0.1, -0.05) is 26.3 Å². The summed E-state index contributed by atoms with van der Waals surface area (Å²) >= 11 is 0. The average molecular weight is 151 g/mol. The lowest BCUT2D eigenvalue weighted by atomic mass is 9.91. The van der Waals surface area contributed by atoms with Crippen LogP contribution in [0.5, 0.6) is 0 Å². The first-order chi connectivity index (χ1) is 5.05. The Morgan fingerprint density at radius 1 is 1.64 bits per heavy atom. The van der Waals surface area contributed by atoms with Crippen molar-refractivity contribution in [2.24, 2.45) is 10.4 Å². The topological polar surface area (TPSA) is 12.4 Å². The van der Waals surface area contributed by atoms with E-state index >= 15 is 0 Å². The third-order valence-corrected chi connectivity index (χ3v) is 2.22. The lowest BCUT2D eigenvalue weighted by Gasteiger charge is -2.11. The Labute approximate surface area is 69.2 Å². The maximum Gasteiger partial charge on any atom is 0.0398 e. The van der Waals surface area contributed by atoms with Gasteiger partial charge in [0.1, 0.15) is 0 Å². The molecule has 1 heterocycles. The zero-order chi connectivity index (χ0) is 8.48. The van der Waals surface area contributed by atoms with Crippen LogP contribution < -0.4 is 0 Å². The predicted octanol–water partition coefficient (Wildman–Crippen LogP) is 3.17. The average Bonchev–Trinajstić information content (AvgIpc) is 2.29. The van der Waals surface area contributed by atoms with Crippen molar-refractivity contribution in [1.29, 1.82) is 0 Å². The van der Waals surface area contributed by atoms with Crippen molar-refractivity contribution in [3.8, 4) is 0 Å². The number of nitrogens with zero attached hydrogens (tertiary/aromatic N) is 1. The fourth-order valence-electron chi connectivity index (χ4n) is 1.24. The molecule has 0 amide bonds. The number of allylic oxidation sites excluding steroid dienone is 2. The van der Waals surface area contributed by atoms with Crippen LogP contribution in [0.4, 0.5) is 0 Å². The minimum Gasteiger partial charge on any atom is -0.265 e. The van der Waals surface area contributed by atoms with Crippen molar-refractivity contribution in [2.45, 2.75) is 40.5 Å². The van der Waals surface area contributed by atoms with Gasteiger partial charge in [-0.25, -0.2) is 0 Å². The molecule has 62 valence electrons. The Balaban J connectivity index is 2.78. The monoisotopic (exact) mass is 151 g/mol. The molecule has 1 heteroatoms. The number of hydrogen-bond donors (Lipinski definition) is 0. The van der Waals surface area contributed by atoms with Gasteiger partial charge in [0.2, 0.25) is 0 Å². The van der Waals surface area contributed by atoms with Crippen molar-refractivity contribution in [2.75, 3.05) is 0 Å². The van der Waals surface area contributed by atoms with E-state index in [-0.39, 0.29) is 0 Å². The summed E-state index contributed by atoms with van der Waals surface area (Å²) in [5.74, 6) is 0. The second-order valence-corrected chi connectivity index (χ2v) is 4.00. The van der Waals surface area contributed by atoms with Gasteiger partial charge in [-0.3, -0.25) is 4.99 Å². The van der Waals surface area contributed by atoms with Crippen molar-refractivity contribution in [3.05, 3.63) is 11.3 Å². The minimum atomic E-state index is 0.297. The van der Waals surface area contributed by atoms with Crippen LogP contribution in [-0.2, 0) is 0 Å². The molecule has 0 bridgehead atoms. The van der Waals surface area contributed by atoms with Crippen molar-refractivity contribution < 1.29 is 0 Å². The van der Waals surface area contributed by atoms with E-state index in [4.69, 9.17) is 0 Å². The fraction of sp³-hybridized carbons (Fsp3) is 0.700. The zero-order valence-corrected chi connectivity index (χ0v) is 7.94. The molecule has 0 aliphatic carbocycles. The van der Waals surface area contributed by atoms with Gasteiger partial charge < -0.3 is 0 Å². The van der Waals surface area contributed by atoms with Crippen LogP contribution in [0.1, 0.15) is 40.5 Å². The van der Waals surface area contributed by atoms with Crippen LogP contribution in [0.15, 0.2) is 16.3 Å². The minimum absolute atomic E-state index is 0.297. The molecule has 0 saturated carbocycles. The quantitative estimate of drug-likeness (QED) is 0.546. The van der Waals surface area contributed by atoms with E-state index in [0.717, 1.165) is 12.8 Å². The van der Waals surface area contributed by atoms with Gasteiger partial charge in [0.25, 0.3) is 0 Å². The maximum absolute atomic E-state index is 4.41. The van der Waals surface area contributed by atoms with Crippen LogP contribution in [0.3, 0.4) is 0 Å². The van der Waals surface area contributed by atoms with Crippen LogP contribution in [0.2, 0.25) is 0 Å². The van der Waals surface area contributed by atoms with Gasteiger partial charge in [0.15, 0.2) is 0 Å². The first-order valence-electron chi connectivity index (χ1n) is 4.29. The normalized spacial score (nSPS) is 25.8. The third kappa shape index (κ3) is 1.92. The molecular formula is C10H17N. The van der Waals surface area contributed by atoms with E-state index in [2.05, 4.69) is 38.9 Å². The largest absolute Gasteiger partial charge is 0.265 e. The smallest absolute Gasteiger partial charge is 0.0398 e. The van der Waals surface area contributed by atoms with Crippen LogP contribution >= 0.6 is 0 Å². The van der Waals surface area contributed by atoms with E-state index in [9.17, 15) is 0 Å². The summed E-state index contributed by atoms with van der Waals surface area (Å²) in [6.45, 7) is 8.82. The van der Waals surface area contributed by atoms with E-state index in [1.165, 1.54) is 11.3 Å². The second kappa shape index (κ2) is 2.80.